The van der Waals surface area contributed by atoms with E-state index in [1.807, 2.05) is 43.3 Å². The number of rotatable bonds is 6. The summed E-state index contributed by atoms with van der Waals surface area (Å²) >= 11 is 2.92. The third-order valence-electron chi connectivity index (χ3n) is 4.94. The maximum atomic E-state index is 12.7. The van der Waals surface area contributed by atoms with Gasteiger partial charge in [-0.1, -0.05) is 36.4 Å². The van der Waals surface area contributed by atoms with Gasteiger partial charge in [-0.05, 0) is 24.1 Å². The molecule has 2 N–H and O–H groups in total. The number of benzene rings is 1. The van der Waals surface area contributed by atoms with Crippen molar-refractivity contribution >= 4 is 47.0 Å². The topological polar surface area (TPSA) is 99.6 Å². The van der Waals surface area contributed by atoms with Crippen molar-refractivity contribution in [3.05, 3.63) is 69.3 Å². The molecular weight excluding hydrogens is 422 g/mol. The van der Waals surface area contributed by atoms with Crippen LogP contribution in [-0.2, 0) is 20.8 Å². The monoisotopic (exact) mass is 441 g/mol. The molecule has 1 saturated heterocycles. The normalized spacial score (nSPS) is 20.8. The molecule has 0 aliphatic carbocycles. The summed E-state index contributed by atoms with van der Waals surface area (Å²) < 4.78 is 0. The summed E-state index contributed by atoms with van der Waals surface area (Å²) in [6.07, 6.45) is 3.74. The van der Waals surface area contributed by atoms with E-state index in [0.29, 0.717) is 11.3 Å². The first-order valence-corrected chi connectivity index (χ1v) is 11.2. The molecule has 9 heteroatoms. The van der Waals surface area contributed by atoms with Gasteiger partial charge in [-0.3, -0.25) is 14.5 Å². The summed E-state index contributed by atoms with van der Waals surface area (Å²) in [5.74, 6) is -1.36. The number of thioether (sulfide) groups is 1. The van der Waals surface area contributed by atoms with Gasteiger partial charge < -0.3 is 10.4 Å². The largest absolute Gasteiger partial charge is 0.477 e. The van der Waals surface area contributed by atoms with E-state index >= 15 is 0 Å². The van der Waals surface area contributed by atoms with Crippen molar-refractivity contribution in [1.29, 1.82) is 0 Å². The van der Waals surface area contributed by atoms with Gasteiger partial charge in [0.1, 0.15) is 17.1 Å². The number of thiazole rings is 1. The molecule has 2 amide bonds. The van der Waals surface area contributed by atoms with E-state index in [0.717, 1.165) is 16.1 Å². The van der Waals surface area contributed by atoms with Crippen LogP contribution < -0.4 is 5.32 Å². The molecule has 0 radical (unpaired) electrons. The zero-order valence-electron chi connectivity index (χ0n) is 16.1. The molecule has 2 aromatic rings. The molecule has 2 atom stereocenters. The molecular formula is C21H19N3O4S2. The van der Waals surface area contributed by atoms with Crippen LogP contribution in [0.3, 0.4) is 0 Å². The number of aryl methyl sites for hydroxylation is 1. The van der Waals surface area contributed by atoms with E-state index in [4.69, 9.17) is 0 Å². The number of aliphatic carboxylic acids is 1. The Morgan fingerprint density at radius 2 is 2.07 bits per heavy atom. The van der Waals surface area contributed by atoms with Crippen molar-refractivity contribution in [2.75, 3.05) is 5.75 Å². The Labute approximate surface area is 181 Å². The Hall–Kier alpha value is -2.91. The fourth-order valence-electron chi connectivity index (χ4n) is 3.42. The van der Waals surface area contributed by atoms with Crippen molar-refractivity contribution in [2.24, 2.45) is 0 Å². The Balaban J connectivity index is 1.49. The first-order chi connectivity index (χ1) is 14.5. The number of allylic oxidation sites excluding steroid dienone is 1. The number of carbonyl (C=O) groups excluding carboxylic acids is 2. The lowest BCUT2D eigenvalue weighted by molar-refractivity contribution is -0.150. The Kier molecular flexibility index (Phi) is 5.74. The Morgan fingerprint density at radius 3 is 2.73 bits per heavy atom. The van der Waals surface area contributed by atoms with E-state index in [1.165, 1.54) is 28.0 Å². The van der Waals surface area contributed by atoms with Gasteiger partial charge in [-0.25, -0.2) is 9.78 Å². The quantitative estimate of drug-likeness (QED) is 0.668. The predicted molar refractivity (Wildman–Crippen MR) is 116 cm³/mol. The van der Waals surface area contributed by atoms with Gasteiger partial charge in [0, 0.05) is 10.6 Å². The van der Waals surface area contributed by atoms with Crippen LogP contribution in [0.5, 0.6) is 0 Å². The summed E-state index contributed by atoms with van der Waals surface area (Å²) in [7, 11) is 0. The maximum Gasteiger partial charge on any atom is 0.352 e. The van der Waals surface area contributed by atoms with Crippen LogP contribution in [-0.4, -0.2) is 49.9 Å². The molecule has 1 fully saturated rings. The van der Waals surface area contributed by atoms with Gasteiger partial charge in [0.15, 0.2) is 0 Å². The highest BCUT2D eigenvalue weighted by molar-refractivity contribution is 8.00. The molecule has 0 saturated carbocycles. The van der Waals surface area contributed by atoms with Crippen LogP contribution >= 0.6 is 23.1 Å². The standard InChI is InChI=1S/C21H19N3O4S2/c1-12-15(30-11-22-12)8-7-14-10-29-20-17(19(26)24(20)18(14)21(27)28)23-16(25)9-13-5-3-2-4-6-13/h2-8,11,17,20H,9-10H2,1H3,(H,23,25)(H,27,28)/t17?,20-/m0/s1. The number of hydrogen-bond acceptors (Lipinski definition) is 6. The number of aromatic nitrogens is 1. The van der Waals surface area contributed by atoms with E-state index in [2.05, 4.69) is 10.3 Å². The van der Waals surface area contributed by atoms with Crippen LogP contribution in [0.15, 0.2) is 53.2 Å². The van der Waals surface area contributed by atoms with Crippen molar-refractivity contribution in [1.82, 2.24) is 15.2 Å². The van der Waals surface area contributed by atoms with Gasteiger partial charge in [-0.15, -0.1) is 23.1 Å². The average Bonchev–Trinajstić information content (AvgIpc) is 3.15. The minimum atomic E-state index is -1.15. The van der Waals surface area contributed by atoms with E-state index in [1.54, 1.807) is 11.6 Å². The Morgan fingerprint density at radius 1 is 1.30 bits per heavy atom. The minimum Gasteiger partial charge on any atom is -0.477 e. The van der Waals surface area contributed by atoms with Gasteiger partial charge in [-0.2, -0.15) is 0 Å². The van der Waals surface area contributed by atoms with Crippen molar-refractivity contribution in [3.63, 3.8) is 0 Å². The third-order valence-corrected chi connectivity index (χ3v) is 7.14. The minimum absolute atomic E-state index is 0.0178. The summed E-state index contributed by atoms with van der Waals surface area (Å²) in [5, 5.41) is 12.1. The second kappa shape index (κ2) is 8.45. The third kappa shape index (κ3) is 3.90. The highest BCUT2D eigenvalue weighted by Crippen LogP contribution is 2.40. The van der Waals surface area contributed by atoms with Crippen LogP contribution in [0.4, 0.5) is 0 Å². The molecule has 30 heavy (non-hydrogen) atoms. The fourth-order valence-corrected chi connectivity index (χ4v) is 5.44. The molecule has 1 aromatic heterocycles. The van der Waals surface area contributed by atoms with E-state index in [9.17, 15) is 19.5 Å². The predicted octanol–water partition coefficient (Wildman–Crippen LogP) is 2.45. The number of nitrogens with zero attached hydrogens (tertiary/aromatic N) is 2. The maximum absolute atomic E-state index is 12.7. The molecule has 2 aliphatic rings. The van der Waals surface area contributed by atoms with E-state index in [-0.39, 0.29) is 18.0 Å². The highest BCUT2D eigenvalue weighted by Gasteiger charge is 2.53. The average molecular weight is 442 g/mol. The lowest BCUT2D eigenvalue weighted by Crippen LogP contribution is -2.70. The van der Waals surface area contributed by atoms with Crippen molar-refractivity contribution in [3.8, 4) is 0 Å². The molecule has 1 aromatic carbocycles. The first kappa shape index (κ1) is 20.4. The number of fused-ring (bicyclic) bond motifs is 1. The lowest BCUT2D eigenvalue weighted by Gasteiger charge is -2.49. The second-order valence-corrected chi connectivity index (χ2v) is 8.92. The zero-order chi connectivity index (χ0) is 21.3. The molecule has 0 bridgehead atoms. The summed E-state index contributed by atoms with van der Waals surface area (Å²) in [6, 6.07) is 8.55. The fraction of sp³-hybridized carbons (Fsp3) is 0.238. The molecule has 2 aliphatic heterocycles. The zero-order valence-corrected chi connectivity index (χ0v) is 17.7. The first-order valence-electron chi connectivity index (χ1n) is 9.28. The van der Waals surface area contributed by atoms with Gasteiger partial charge in [0.2, 0.25) is 5.91 Å². The van der Waals surface area contributed by atoms with E-state index < -0.39 is 23.3 Å². The molecule has 3 heterocycles. The molecule has 1 unspecified atom stereocenters. The number of nitrogens with one attached hydrogen (secondary N) is 1. The number of β-lactam (4-membered cyclic amide) rings is 1. The molecule has 7 nitrogen and oxygen atoms in total. The molecule has 0 spiro atoms. The summed E-state index contributed by atoms with van der Waals surface area (Å²) in [5.41, 5.74) is 4.01. The molecule has 154 valence electrons. The van der Waals surface area contributed by atoms with Crippen LogP contribution in [0.1, 0.15) is 16.1 Å². The number of carboxylic acids is 1. The number of carboxylic acid groups (broad SMARTS) is 1. The van der Waals surface area contributed by atoms with Gasteiger partial charge in [0.25, 0.3) is 5.91 Å². The highest BCUT2D eigenvalue weighted by atomic mass is 32.2. The number of amides is 2. The lowest BCUT2D eigenvalue weighted by atomic mass is 10.0. The van der Waals surface area contributed by atoms with Crippen LogP contribution in [0.2, 0.25) is 0 Å². The van der Waals surface area contributed by atoms with Gasteiger partial charge >= 0.3 is 5.97 Å². The van der Waals surface area contributed by atoms with Crippen molar-refractivity contribution < 1.29 is 19.5 Å². The Bertz CT molecular complexity index is 1060. The SMILES string of the molecule is Cc1ncsc1C=CC1=C(C(=O)O)N2C(=O)C(NC(=O)Cc3ccccc3)[C@@H]2SC1. The van der Waals surface area contributed by atoms with Gasteiger partial charge in [0.05, 0.1) is 17.6 Å². The molecule has 4 rings (SSSR count). The summed E-state index contributed by atoms with van der Waals surface area (Å²) in [4.78, 5) is 43.4. The smallest absolute Gasteiger partial charge is 0.352 e. The van der Waals surface area contributed by atoms with Crippen LogP contribution in [0.25, 0.3) is 6.08 Å². The summed E-state index contributed by atoms with van der Waals surface area (Å²) in [6.45, 7) is 1.88. The van der Waals surface area contributed by atoms with Crippen molar-refractivity contribution in [2.45, 2.75) is 24.8 Å². The number of carbonyl (C=O) groups is 3. The number of hydrogen-bond donors (Lipinski definition) is 2. The van der Waals surface area contributed by atoms with Crippen LogP contribution in [0, 0.1) is 6.92 Å². The second-order valence-electron chi connectivity index (χ2n) is 6.93.